The normalized spacial score (nSPS) is 11.4. The summed E-state index contributed by atoms with van der Waals surface area (Å²) in [6.07, 6.45) is 0. The lowest BCUT2D eigenvalue weighted by atomic mass is 9.86. The van der Waals surface area contributed by atoms with E-state index in [2.05, 4.69) is 42.1 Å². The molecule has 1 aromatic carbocycles. The van der Waals surface area contributed by atoms with E-state index in [0.717, 1.165) is 5.69 Å². The summed E-state index contributed by atoms with van der Waals surface area (Å²) in [7, 11) is 0. The van der Waals surface area contributed by atoms with Gasteiger partial charge in [0.2, 0.25) is 0 Å². The highest BCUT2D eigenvalue weighted by Crippen LogP contribution is 2.31. The lowest BCUT2D eigenvalue weighted by Gasteiger charge is -2.23. The van der Waals surface area contributed by atoms with Gasteiger partial charge in [-0.3, -0.25) is 0 Å². The second-order valence-corrected chi connectivity index (χ2v) is 5.93. The molecular weight excluding hydrogens is 258 g/mol. The highest BCUT2D eigenvalue weighted by atomic mass is 35.5. The minimum atomic E-state index is 0.0649. The molecule has 0 spiro atoms. The summed E-state index contributed by atoms with van der Waals surface area (Å²) >= 11 is 5.95. The van der Waals surface area contributed by atoms with Crippen molar-refractivity contribution in [2.45, 2.75) is 33.1 Å². The molecule has 1 heterocycles. The molecule has 0 saturated heterocycles. The van der Waals surface area contributed by atoms with Gasteiger partial charge in [-0.25, -0.2) is 9.97 Å². The van der Waals surface area contributed by atoms with Crippen molar-refractivity contribution in [3.8, 4) is 0 Å². The predicted molar refractivity (Wildman–Crippen MR) is 80.2 cm³/mol. The molecule has 1 aromatic heterocycles. The minimum absolute atomic E-state index is 0.0649. The fourth-order valence-corrected chi connectivity index (χ4v) is 2.21. The fraction of sp³-hybridized carbons (Fsp3) is 0.333. The molecule has 0 aliphatic rings. The third-order valence-corrected chi connectivity index (χ3v) is 3.00. The summed E-state index contributed by atoms with van der Waals surface area (Å²) in [6, 6.07) is 9.95. The third-order valence-electron chi connectivity index (χ3n) is 2.80. The number of benzene rings is 1. The Morgan fingerprint density at radius 2 is 1.79 bits per heavy atom. The molecule has 0 aliphatic carbocycles. The number of aryl methyl sites for hydroxylation is 1. The van der Waals surface area contributed by atoms with Crippen LogP contribution in [0.2, 0.25) is 5.15 Å². The predicted octanol–water partition coefficient (Wildman–Crippen LogP) is 4.48. The van der Waals surface area contributed by atoms with Crippen LogP contribution in [0.15, 0.2) is 30.3 Å². The molecule has 2 aromatic rings. The molecule has 0 radical (unpaired) electrons. The number of nitrogens with one attached hydrogen (secondary N) is 1. The third kappa shape index (κ3) is 3.44. The van der Waals surface area contributed by atoms with Crippen LogP contribution in [-0.2, 0) is 5.41 Å². The van der Waals surface area contributed by atoms with Gasteiger partial charge >= 0.3 is 0 Å². The smallest absolute Gasteiger partial charge is 0.135 e. The Hall–Kier alpha value is -1.61. The molecule has 0 aliphatic heterocycles. The molecule has 0 bridgehead atoms. The monoisotopic (exact) mass is 275 g/mol. The molecule has 0 saturated carbocycles. The number of halogens is 1. The van der Waals surface area contributed by atoms with Gasteiger partial charge in [0.15, 0.2) is 0 Å². The van der Waals surface area contributed by atoms with Gasteiger partial charge in [-0.2, -0.15) is 0 Å². The summed E-state index contributed by atoms with van der Waals surface area (Å²) in [6.45, 7) is 8.38. The Morgan fingerprint density at radius 1 is 1.11 bits per heavy atom. The zero-order valence-electron chi connectivity index (χ0n) is 11.7. The van der Waals surface area contributed by atoms with E-state index in [9.17, 15) is 0 Å². The Balaban J connectivity index is 2.38. The quantitative estimate of drug-likeness (QED) is 0.821. The maximum Gasteiger partial charge on any atom is 0.135 e. The standard InChI is InChI=1S/C15H18ClN3/c1-10-17-13(16)9-14(18-10)19-12-8-6-5-7-11(12)15(2,3)4/h5-9H,1-4H3,(H,17,18,19). The van der Waals surface area contributed by atoms with Gasteiger partial charge in [0, 0.05) is 11.8 Å². The second kappa shape index (κ2) is 5.17. The first-order valence-electron chi connectivity index (χ1n) is 6.24. The maximum absolute atomic E-state index is 5.95. The number of hydrogen-bond donors (Lipinski definition) is 1. The molecule has 0 amide bonds. The average molecular weight is 276 g/mol. The van der Waals surface area contributed by atoms with Crippen LogP contribution in [0.4, 0.5) is 11.5 Å². The zero-order chi connectivity index (χ0) is 14.0. The van der Waals surface area contributed by atoms with Crippen LogP contribution in [0.25, 0.3) is 0 Å². The van der Waals surface area contributed by atoms with E-state index in [1.54, 1.807) is 6.07 Å². The Kier molecular flexibility index (Phi) is 3.76. The van der Waals surface area contributed by atoms with Crippen LogP contribution in [0, 0.1) is 6.92 Å². The van der Waals surface area contributed by atoms with Crippen molar-refractivity contribution in [1.29, 1.82) is 0 Å². The first kappa shape index (κ1) is 13.8. The zero-order valence-corrected chi connectivity index (χ0v) is 12.4. The molecule has 3 nitrogen and oxygen atoms in total. The van der Waals surface area contributed by atoms with Crippen LogP contribution in [0.5, 0.6) is 0 Å². The summed E-state index contributed by atoms with van der Waals surface area (Å²) < 4.78 is 0. The number of hydrogen-bond acceptors (Lipinski definition) is 3. The number of nitrogens with zero attached hydrogens (tertiary/aromatic N) is 2. The summed E-state index contributed by atoms with van der Waals surface area (Å²) in [5, 5.41) is 3.77. The van der Waals surface area contributed by atoms with Gasteiger partial charge in [0.25, 0.3) is 0 Å². The molecule has 100 valence electrons. The van der Waals surface area contributed by atoms with Crippen LogP contribution < -0.4 is 5.32 Å². The first-order chi connectivity index (χ1) is 8.86. The molecule has 4 heteroatoms. The minimum Gasteiger partial charge on any atom is -0.340 e. The van der Waals surface area contributed by atoms with E-state index in [1.807, 2.05) is 25.1 Å². The van der Waals surface area contributed by atoms with Gasteiger partial charge in [-0.05, 0) is 24.0 Å². The number of anilines is 2. The SMILES string of the molecule is Cc1nc(Cl)cc(Nc2ccccc2C(C)(C)C)n1. The van der Waals surface area contributed by atoms with Crippen molar-refractivity contribution in [3.05, 3.63) is 46.9 Å². The van der Waals surface area contributed by atoms with Crippen molar-refractivity contribution in [2.75, 3.05) is 5.32 Å². The Labute approximate surface area is 119 Å². The topological polar surface area (TPSA) is 37.8 Å². The lowest BCUT2D eigenvalue weighted by Crippen LogP contribution is -2.13. The van der Waals surface area contributed by atoms with Crippen molar-refractivity contribution in [2.24, 2.45) is 0 Å². The molecule has 0 fully saturated rings. The number of para-hydroxylation sites is 1. The maximum atomic E-state index is 5.95. The van der Waals surface area contributed by atoms with Crippen molar-refractivity contribution in [1.82, 2.24) is 9.97 Å². The van der Waals surface area contributed by atoms with E-state index in [0.29, 0.717) is 16.8 Å². The fourth-order valence-electron chi connectivity index (χ4n) is 1.98. The van der Waals surface area contributed by atoms with E-state index in [-0.39, 0.29) is 5.41 Å². The van der Waals surface area contributed by atoms with Gasteiger partial charge in [-0.15, -0.1) is 0 Å². The van der Waals surface area contributed by atoms with Crippen LogP contribution in [0.3, 0.4) is 0 Å². The Morgan fingerprint density at radius 3 is 2.42 bits per heavy atom. The summed E-state index contributed by atoms with van der Waals surface area (Å²) in [5.74, 6) is 1.37. The van der Waals surface area contributed by atoms with Gasteiger partial charge < -0.3 is 5.32 Å². The van der Waals surface area contributed by atoms with Gasteiger partial charge in [-0.1, -0.05) is 50.6 Å². The van der Waals surface area contributed by atoms with E-state index >= 15 is 0 Å². The highest BCUT2D eigenvalue weighted by molar-refractivity contribution is 6.29. The summed E-state index contributed by atoms with van der Waals surface area (Å²) in [5.41, 5.74) is 2.35. The number of aromatic nitrogens is 2. The van der Waals surface area contributed by atoms with Gasteiger partial charge in [0.05, 0.1) is 0 Å². The number of rotatable bonds is 2. The lowest BCUT2D eigenvalue weighted by molar-refractivity contribution is 0.592. The van der Waals surface area contributed by atoms with Crippen LogP contribution in [-0.4, -0.2) is 9.97 Å². The van der Waals surface area contributed by atoms with Crippen molar-refractivity contribution < 1.29 is 0 Å². The van der Waals surface area contributed by atoms with Crippen LogP contribution in [0.1, 0.15) is 32.2 Å². The van der Waals surface area contributed by atoms with E-state index in [4.69, 9.17) is 11.6 Å². The average Bonchev–Trinajstić information content (AvgIpc) is 2.26. The molecule has 2 rings (SSSR count). The highest BCUT2D eigenvalue weighted by Gasteiger charge is 2.17. The van der Waals surface area contributed by atoms with E-state index in [1.165, 1.54) is 5.56 Å². The largest absolute Gasteiger partial charge is 0.340 e. The van der Waals surface area contributed by atoms with Crippen LogP contribution >= 0.6 is 11.6 Å². The molecule has 19 heavy (non-hydrogen) atoms. The van der Waals surface area contributed by atoms with E-state index < -0.39 is 0 Å². The first-order valence-corrected chi connectivity index (χ1v) is 6.62. The summed E-state index contributed by atoms with van der Waals surface area (Å²) in [4.78, 5) is 8.41. The van der Waals surface area contributed by atoms with Crippen molar-refractivity contribution >= 4 is 23.1 Å². The van der Waals surface area contributed by atoms with Gasteiger partial charge in [0.1, 0.15) is 16.8 Å². The Bertz CT molecular complexity index is 568. The van der Waals surface area contributed by atoms with Crippen molar-refractivity contribution in [3.63, 3.8) is 0 Å². The molecule has 0 atom stereocenters. The second-order valence-electron chi connectivity index (χ2n) is 5.54. The molecule has 0 unspecified atom stereocenters. The molecule has 1 N–H and O–H groups in total. The molecular formula is C15H18ClN3.